The van der Waals surface area contributed by atoms with Gasteiger partial charge in [0.2, 0.25) is 5.95 Å². The first-order valence-corrected chi connectivity index (χ1v) is 12.8. The number of benzene rings is 1. The second-order valence-electron chi connectivity index (χ2n) is 9.20. The van der Waals surface area contributed by atoms with Gasteiger partial charge in [-0.05, 0) is 79.7 Å². The van der Waals surface area contributed by atoms with E-state index in [2.05, 4.69) is 25.4 Å². The summed E-state index contributed by atoms with van der Waals surface area (Å²) >= 11 is -2.31. The number of fused-ring (bicyclic) bond motifs is 1. The monoisotopic (exact) mass is 515 g/mol. The summed E-state index contributed by atoms with van der Waals surface area (Å²) in [6, 6.07) is 14.3. The number of hydrogen-bond acceptors (Lipinski definition) is 9. The molecule has 0 bridgehead atoms. The summed E-state index contributed by atoms with van der Waals surface area (Å²) in [5.74, 6) is 0.914. The fraction of sp³-hybridized carbons (Fsp3) is 0.231. The molecule has 5 aromatic rings. The van der Waals surface area contributed by atoms with Gasteiger partial charge in [-0.15, -0.1) is 0 Å². The molecular weight excluding hydrogens is 492 g/mol. The maximum Gasteiger partial charge on any atom is 0.202 e. The van der Waals surface area contributed by atoms with E-state index in [9.17, 15) is 13.9 Å². The minimum atomic E-state index is -2.31. The molecule has 1 saturated carbocycles. The van der Waals surface area contributed by atoms with Crippen LogP contribution < -0.4 is 5.32 Å². The van der Waals surface area contributed by atoms with Crippen LogP contribution in [0.15, 0.2) is 65.4 Å². The second kappa shape index (κ2) is 8.58. The fourth-order valence-electron chi connectivity index (χ4n) is 4.72. The van der Waals surface area contributed by atoms with Gasteiger partial charge in [0.15, 0.2) is 5.60 Å². The summed E-state index contributed by atoms with van der Waals surface area (Å²) in [5.41, 5.74) is 2.64. The van der Waals surface area contributed by atoms with Gasteiger partial charge < -0.3 is 24.5 Å². The highest BCUT2D eigenvalue weighted by Crippen LogP contribution is 2.44. The maximum atomic E-state index is 12.5. The standard InChI is InChI=1S/C26H24N6O4S/c1-15-22(16(2)36-32-15)17-13-18(23-19(14-17)29-24(30-23)31-25(9-10-25)37(34)35)26(33,20-7-3-5-11-27-20)21-8-4-6-12-28-21/h3-8,11-14,33H,9-10H2,1-2H3,(H,34,35)(H2,29,30,31)/p-1. The number of rotatable bonds is 7. The summed E-state index contributed by atoms with van der Waals surface area (Å²) in [4.78, 5) is 15.8. The van der Waals surface area contributed by atoms with E-state index in [1.54, 1.807) is 48.8 Å². The van der Waals surface area contributed by atoms with E-state index in [0.717, 1.165) is 11.1 Å². The number of nitrogens with one attached hydrogen (secondary N) is 2. The van der Waals surface area contributed by atoms with Crippen LogP contribution in [0, 0.1) is 13.8 Å². The Morgan fingerprint density at radius 2 is 1.78 bits per heavy atom. The van der Waals surface area contributed by atoms with Gasteiger partial charge in [0.05, 0.1) is 28.1 Å². The topological polar surface area (TPSA) is 153 Å². The zero-order valence-electron chi connectivity index (χ0n) is 20.1. The number of aromatic nitrogens is 5. The molecule has 10 nitrogen and oxygen atoms in total. The molecule has 37 heavy (non-hydrogen) atoms. The molecular formula is C26H23N6O4S-. The molecule has 4 heterocycles. The van der Waals surface area contributed by atoms with Crippen LogP contribution >= 0.6 is 0 Å². The molecule has 11 heteroatoms. The summed E-state index contributed by atoms with van der Waals surface area (Å²) in [6.07, 6.45) is 4.19. The summed E-state index contributed by atoms with van der Waals surface area (Å²) in [5, 5.41) is 19.6. The SMILES string of the molecule is Cc1noc(C)c1-c1cc(C(O)(c2ccccn2)c2ccccn2)c2nc(NC3(S(=O)[O-])CC3)[nH]c2c1. The van der Waals surface area contributed by atoms with Gasteiger partial charge >= 0.3 is 0 Å². The summed E-state index contributed by atoms with van der Waals surface area (Å²) in [7, 11) is 0. The highest BCUT2D eigenvalue weighted by atomic mass is 32.2. The van der Waals surface area contributed by atoms with Crippen molar-refractivity contribution in [2.24, 2.45) is 0 Å². The first kappa shape index (κ1) is 23.5. The molecule has 4 aromatic heterocycles. The van der Waals surface area contributed by atoms with Gasteiger partial charge in [0, 0.05) is 23.5 Å². The smallest absolute Gasteiger partial charge is 0.202 e. The number of imidazole rings is 1. The van der Waals surface area contributed by atoms with E-state index in [1.807, 2.05) is 26.0 Å². The van der Waals surface area contributed by atoms with Gasteiger partial charge in [-0.1, -0.05) is 17.3 Å². The van der Waals surface area contributed by atoms with Gasteiger partial charge in [-0.3, -0.25) is 14.2 Å². The van der Waals surface area contributed by atoms with Gasteiger partial charge in [0.1, 0.15) is 10.6 Å². The van der Waals surface area contributed by atoms with Crippen LogP contribution in [-0.2, 0) is 16.7 Å². The molecule has 0 radical (unpaired) electrons. The normalized spacial score (nSPS) is 15.6. The predicted octanol–water partition coefficient (Wildman–Crippen LogP) is 3.69. The number of hydrogen-bond donors (Lipinski definition) is 3. The lowest BCUT2D eigenvalue weighted by molar-refractivity contribution is 0.117. The second-order valence-corrected chi connectivity index (χ2v) is 10.4. The van der Waals surface area contributed by atoms with E-state index in [-0.39, 0.29) is 0 Å². The number of aryl methyl sites for hydroxylation is 2. The van der Waals surface area contributed by atoms with Crippen molar-refractivity contribution in [3.63, 3.8) is 0 Å². The maximum absolute atomic E-state index is 12.5. The van der Waals surface area contributed by atoms with E-state index < -0.39 is 21.6 Å². The minimum Gasteiger partial charge on any atom is -0.771 e. The fourth-order valence-corrected chi connectivity index (χ4v) is 5.33. The molecule has 1 fully saturated rings. The number of H-pyrrole nitrogens is 1. The average Bonchev–Trinajstić information content (AvgIpc) is 3.47. The highest BCUT2D eigenvalue weighted by molar-refractivity contribution is 7.81. The van der Waals surface area contributed by atoms with Crippen LogP contribution in [0.25, 0.3) is 22.2 Å². The lowest BCUT2D eigenvalue weighted by atomic mass is 9.83. The molecule has 188 valence electrons. The molecule has 1 aromatic carbocycles. The number of aromatic amines is 1. The molecule has 0 saturated heterocycles. The Bertz CT molecular complexity index is 1570. The summed E-state index contributed by atoms with van der Waals surface area (Å²) < 4.78 is 29.0. The van der Waals surface area contributed by atoms with Crippen molar-refractivity contribution in [1.29, 1.82) is 0 Å². The molecule has 0 spiro atoms. The molecule has 1 aliphatic rings. The van der Waals surface area contributed by atoms with Crippen molar-refractivity contribution < 1.29 is 18.4 Å². The Kier molecular flexibility index (Phi) is 5.44. The van der Waals surface area contributed by atoms with Crippen molar-refractivity contribution >= 4 is 28.1 Å². The van der Waals surface area contributed by atoms with Crippen LogP contribution in [-0.4, -0.2) is 43.8 Å². The molecule has 0 amide bonds. The van der Waals surface area contributed by atoms with Crippen molar-refractivity contribution in [2.45, 2.75) is 37.2 Å². The van der Waals surface area contributed by atoms with Crippen LogP contribution in [0.4, 0.5) is 5.95 Å². The molecule has 1 unspecified atom stereocenters. The van der Waals surface area contributed by atoms with E-state index in [1.165, 1.54) is 0 Å². The lowest BCUT2D eigenvalue weighted by Gasteiger charge is -2.28. The highest BCUT2D eigenvalue weighted by Gasteiger charge is 2.45. The zero-order chi connectivity index (χ0) is 25.8. The third kappa shape index (κ3) is 3.82. The lowest BCUT2D eigenvalue weighted by Crippen LogP contribution is -2.31. The third-order valence-corrected chi connectivity index (χ3v) is 7.89. The van der Waals surface area contributed by atoms with Crippen LogP contribution in [0.3, 0.4) is 0 Å². The molecule has 6 rings (SSSR count). The molecule has 1 aliphatic carbocycles. The average molecular weight is 516 g/mol. The van der Waals surface area contributed by atoms with Crippen molar-refractivity contribution in [2.75, 3.05) is 5.32 Å². The van der Waals surface area contributed by atoms with Crippen LogP contribution in [0.5, 0.6) is 0 Å². The van der Waals surface area contributed by atoms with Crippen LogP contribution in [0.2, 0.25) is 0 Å². The Morgan fingerprint density at radius 3 is 2.30 bits per heavy atom. The zero-order valence-corrected chi connectivity index (χ0v) is 20.9. The van der Waals surface area contributed by atoms with E-state index in [0.29, 0.717) is 58.2 Å². The first-order chi connectivity index (χ1) is 17.8. The summed E-state index contributed by atoms with van der Waals surface area (Å²) in [6.45, 7) is 3.67. The van der Waals surface area contributed by atoms with Crippen molar-refractivity contribution in [3.05, 3.63) is 89.3 Å². The molecule has 0 aliphatic heterocycles. The van der Waals surface area contributed by atoms with E-state index >= 15 is 0 Å². The van der Waals surface area contributed by atoms with Gasteiger partial charge in [-0.25, -0.2) is 4.98 Å². The van der Waals surface area contributed by atoms with Crippen molar-refractivity contribution in [1.82, 2.24) is 25.1 Å². The van der Waals surface area contributed by atoms with E-state index in [4.69, 9.17) is 9.51 Å². The number of aliphatic hydroxyl groups is 1. The minimum absolute atomic E-state index is 0.290. The Labute approximate surface area is 214 Å². The van der Waals surface area contributed by atoms with Crippen molar-refractivity contribution in [3.8, 4) is 11.1 Å². The predicted molar refractivity (Wildman–Crippen MR) is 136 cm³/mol. The third-order valence-electron chi connectivity index (χ3n) is 6.74. The molecule has 3 N–H and O–H groups in total. The number of nitrogens with zero attached hydrogens (tertiary/aromatic N) is 4. The quantitative estimate of drug-likeness (QED) is 0.275. The van der Waals surface area contributed by atoms with Gasteiger partial charge in [-0.2, -0.15) is 0 Å². The van der Waals surface area contributed by atoms with Crippen LogP contribution in [0.1, 0.15) is 41.2 Å². The number of anilines is 1. The largest absolute Gasteiger partial charge is 0.771 e. The Hall–Kier alpha value is -3.93. The molecule has 1 atom stereocenters. The first-order valence-electron chi connectivity index (χ1n) is 11.7. The number of pyridine rings is 2. The Morgan fingerprint density at radius 1 is 1.11 bits per heavy atom. The Balaban J connectivity index is 1.64. The van der Waals surface area contributed by atoms with Gasteiger partial charge in [0.25, 0.3) is 0 Å².